The number of nitrogens with one attached hydrogen (secondary N) is 1. The molecule has 1 fully saturated rings. The van der Waals surface area contributed by atoms with Gasteiger partial charge in [-0.25, -0.2) is 9.78 Å². The molecule has 0 bridgehead atoms. The van der Waals surface area contributed by atoms with Gasteiger partial charge in [-0.2, -0.15) is 0 Å². The van der Waals surface area contributed by atoms with E-state index in [-0.39, 0.29) is 0 Å². The lowest BCUT2D eigenvalue weighted by molar-refractivity contribution is 0.0699. The van der Waals surface area contributed by atoms with Crippen LogP contribution in [0.3, 0.4) is 0 Å². The number of carboxylic acids is 1. The summed E-state index contributed by atoms with van der Waals surface area (Å²) in [5.74, 6) is 0.768. The molecule has 0 radical (unpaired) electrons. The first-order chi connectivity index (χ1) is 10.2. The van der Waals surface area contributed by atoms with Crippen molar-refractivity contribution in [2.45, 2.75) is 32.1 Å². The van der Waals surface area contributed by atoms with Crippen molar-refractivity contribution in [1.29, 1.82) is 0 Å². The lowest BCUT2D eigenvalue weighted by Gasteiger charge is -2.11. The predicted octanol–water partition coefficient (Wildman–Crippen LogP) is 3.93. The number of hydrogen-bond acceptors (Lipinski definition) is 3. The van der Waals surface area contributed by atoms with E-state index in [1.807, 2.05) is 18.2 Å². The lowest BCUT2D eigenvalue weighted by atomic mass is 10.0. The van der Waals surface area contributed by atoms with Crippen LogP contribution in [0.5, 0.6) is 0 Å². The highest BCUT2D eigenvalue weighted by atomic mass is 16.4. The van der Waals surface area contributed by atoms with Crippen LogP contribution in [0.1, 0.15) is 42.5 Å². The number of hydrogen-bond donors (Lipinski definition) is 2. The summed E-state index contributed by atoms with van der Waals surface area (Å²) >= 11 is 0. The van der Waals surface area contributed by atoms with Gasteiger partial charge in [0.05, 0.1) is 11.1 Å². The molecule has 0 atom stereocenters. The SMILES string of the molecule is O=C(O)c1cccc2nc(NCCC3CCCC3)ccc12. The fraction of sp³-hybridized carbons (Fsp3) is 0.412. The molecular formula is C17H20N2O2. The number of pyridine rings is 1. The number of rotatable bonds is 5. The fourth-order valence-corrected chi connectivity index (χ4v) is 3.14. The summed E-state index contributed by atoms with van der Waals surface area (Å²) in [7, 11) is 0. The Morgan fingerprint density at radius 2 is 2.05 bits per heavy atom. The van der Waals surface area contributed by atoms with Crippen molar-refractivity contribution < 1.29 is 9.90 Å². The van der Waals surface area contributed by atoms with Crippen molar-refractivity contribution in [3.05, 3.63) is 35.9 Å². The highest BCUT2D eigenvalue weighted by Gasteiger charge is 2.14. The van der Waals surface area contributed by atoms with Gasteiger partial charge in [-0.15, -0.1) is 0 Å². The first-order valence-electron chi connectivity index (χ1n) is 7.61. The van der Waals surface area contributed by atoms with Crippen molar-refractivity contribution in [3.63, 3.8) is 0 Å². The van der Waals surface area contributed by atoms with Gasteiger partial charge >= 0.3 is 5.97 Å². The van der Waals surface area contributed by atoms with Gasteiger partial charge in [-0.05, 0) is 36.6 Å². The maximum Gasteiger partial charge on any atom is 0.336 e. The van der Waals surface area contributed by atoms with Crippen molar-refractivity contribution in [3.8, 4) is 0 Å². The number of fused-ring (bicyclic) bond motifs is 1. The molecule has 3 rings (SSSR count). The second-order valence-corrected chi connectivity index (χ2v) is 5.74. The quantitative estimate of drug-likeness (QED) is 0.873. The minimum absolute atomic E-state index is 0.303. The summed E-state index contributed by atoms with van der Waals surface area (Å²) in [6.07, 6.45) is 6.65. The topological polar surface area (TPSA) is 62.2 Å². The van der Waals surface area contributed by atoms with Crippen LogP contribution in [0.4, 0.5) is 5.82 Å². The third-order valence-corrected chi connectivity index (χ3v) is 4.30. The summed E-state index contributed by atoms with van der Waals surface area (Å²) < 4.78 is 0. The molecule has 4 nitrogen and oxygen atoms in total. The Bertz CT molecular complexity index is 648. The van der Waals surface area contributed by atoms with Crippen LogP contribution in [0.15, 0.2) is 30.3 Å². The highest BCUT2D eigenvalue weighted by Crippen LogP contribution is 2.27. The molecule has 0 unspecified atom stereocenters. The Balaban J connectivity index is 1.70. The number of carboxylic acid groups (broad SMARTS) is 1. The molecule has 1 aromatic heterocycles. The molecule has 2 aromatic rings. The highest BCUT2D eigenvalue weighted by molar-refractivity contribution is 6.02. The van der Waals surface area contributed by atoms with E-state index in [1.165, 1.54) is 32.1 Å². The summed E-state index contributed by atoms with van der Waals surface area (Å²) in [6, 6.07) is 8.90. The minimum atomic E-state index is -0.913. The van der Waals surface area contributed by atoms with Crippen LogP contribution in [-0.4, -0.2) is 22.6 Å². The Kier molecular flexibility index (Phi) is 4.04. The fourth-order valence-electron chi connectivity index (χ4n) is 3.14. The molecule has 4 heteroatoms. The van der Waals surface area contributed by atoms with E-state index in [9.17, 15) is 9.90 Å². The molecular weight excluding hydrogens is 264 g/mol. The Morgan fingerprint density at radius 1 is 1.24 bits per heavy atom. The Labute approximate surface area is 124 Å². The monoisotopic (exact) mass is 284 g/mol. The zero-order chi connectivity index (χ0) is 14.7. The van der Waals surface area contributed by atoms with Gasteiger partial charge in [-0.1, -0.05) is 31.7 Å². The van der Waals surface area contributed by atoms with Crippen molar-refractivity contribution in [2.75, 3.05) is 11.9 Å². The van der Waals surface area contributed by atoms with E-state index in [2.05, 4.69) is 10.3 Å². The van der Waals surface area contributed by atoms with E-state index in [4.69, 9.17) is 0 Å². The van der Waals surface area contributed by atoms with E-state index < -0.39 is 5.97 Å². The average molecular weight is 284 g/mol. The van der Waals surface area contributed by atoms with Gasteiger partial charge in [0.15, 0.2) is 0 Å². The van der Waals surface area contributed by atoms with E-state index in [0.717, 1.165) is 23.8 Å². The van der Waals surface area contributed by atoms with Crippen LogP contribution in [0.25, 0.3) is 10.9 Å². The minimum Gasteiger partial charge on any atom is -0.478 e. The van der Waals surface area contributed by atoms with Gasteiger partial charge in [0, 0.05) is 11.9 Å². The zero-order valence-corrected chi connectivity index (χ0v) is 12.0. The first kappa shape index (κ1) is 13.9. The summed E-state index contributed by atoms with van der Waals surface area (Å²) in [4.78, 5) is 15.7. The smallest absolute Gasteiger partial charge is 0.336 e. The lowest BCUT2D eigenvalue weighted by Crippen LogP contribution is -2.08. The number of aromatic carboxylic acids is 1. The molecule has 2 N–H and O–H groups in total. The van der Waals surface area contributed by atoms with Crippen LogP contribution in [0, 0.1) is 5.92 Å². The molecule has 21 heavy (non-hydrogen) atoms. The molecule has 1 saturated carbocycles. The number of benzene rings is 1. The average Bonchev–Trinajstić information content (AvgIpc) is 2.99. The molecule has 0 amide bonds. The van der Waals surface area contributed by atoms with Gasteiger partial charge in [0.25, 0.3) is 0 Å². The third kappa shape index (κ3) is 3.15. The van der Waals surface area contributed by atoms with Crippen LogP contribution in [0.2, 0.25) is 0 Å². The molecule has 0 saturated heterocycles. The number of carbonyl (C=O) groups is 1. The van der Waals surface area contributed by atoms with Crippen LogP contribution < -0.4 is 5.32 Å². The second kappa shape index (κ2) is 6.12. The number of anilines is 1. The van der Waals surface area contributed by atoms with E-state index in [1.54, 1.807) is 12.1 Å². The zero-order valence-electron chi connectivity index (χ0n) is 12.0. The van der Waals surface area contributed by atoms with Gasteiger partial charge in [0.1, 0.15) is 5.82 Å². The largest absolute Gasteiger partial charge is 0.478 e. The molecule has 110 valence electrons. The maximum atomic E-state index is 11.2. The van der Waals surface area contributed by atoms with Gasteiger partial charge in [-0.3, -0.25) is 0 Å². The number of aromatic nitrogens is 1. The molecule has 1 aliphatic carbocycles. The maximum absolute atomic E-state index is 11.2. The third-order valence-electron chi connectivity index (χ3n) is 4.30. The van der Waals surface area contributed by atoms with Crippen molar-refractivity contribution >= 4 is 22.7 Å². The molecule has 1 aromatic carbocycles. The van der Waals surface area contributed by atoms with Crippen molar-refractivity contribution in [2.24, 2.45) is 5.92 Å². The predicted molar refractivity (Wildman–Crippen MR) is 83.8 cm³/mol. The normalized spacial score (nSPS) is 15.4. The summed E-state index contributed by atoms with van der Waals surface area (Å²) in [5, 5.41) is 13.2. The molecule has 1 heterocycles. The first-order valence-corrected chi connectivity index (χ1v) is 7.61. The van der Waals surface area contributed by atoms with E-state index in [0.29, 0.717) is 10.9 Å². The second-order valence-electron chi connectivity index (χ2n) is 5.74. The van der Waals surface area contributed by atoms with Gasteiger partial charge in [0.2, 0.25) is 0 Å². The Hall–Kier alpha value is -2.10. The standard InChI is InChI=1S/C17H20N2O2/c20-17(21)14-6-3-7-15-13(14)8-9-16(19-15)18-11-10-12-4-1-2-5-12/h3,6-9,12H,1-2,4-5,10-11H2,(H,18,19)(H,20,21). The molecule has 0 aliphatic heterocycles. The van der Waals surface area contributed by atoms with E-state index >= 15 is 0 Å². The number of nitrogens with zero attached hydrogens (tertiary/aromatic N) is 1. The molecule has 0 spiro atoms. The summed E-state index contributed by atoms with van der Waals surface area (Å²) in [5.41, 5.74) is 1.03. The van der Waals surface area contributed by atoms with Gasteiger partial charge < -0.3 is 10.4 Å². The van der Waals surface area contributed by atoms with Crippen molar-refractivity contribution in [1.82, 2.24) is 4.98 Å². The Morgan fingerprint density at radius 3 is 2.81 bits per heavy atom. The van der Waals surface area contributed by atoms with Crippen LogP contribution in [-0.2, 0) is 0 Å². The molecule has 1 aliphatic rings. The van der Waals surface area contributed by atoms with Crippen LogP contribution >= 0.6 is 0 Å². The summed E-state index contributed by atoms with van der Waals surface area (Å²) in [6.45, 7) is 0.932.